The highest BCUT2D eigenvalue weighted by atomic mass is 16.1. The number of hydrogen-bond donors (Lipinski definition) is 2. The Morgan fingerprint density at radius 1 is 1.53 bits per heavy atom. The molecule has 0 bridgehead atoms. The van der Waals surface area contributed by atoms with Crippen LogP contribution in [0.2, 0.25) is 0 Å². The molecule has 0 spiro atoms. The quantitative estimate of drug-likeness (QED) is 0.723. The van der Waals surface area contributed by atoms with Gasteiger partial charge in [0, 0.05) is 18.2 Å². The molecule has 1 atom stereocenters. The Morgan fingerprint density at radius 3 is 3.07 bits per heavy atom. The van der Waals surface area contributed by atoms with E-state index in [0.717, 1.165) is 17.1 Å². The number of aromatic nitrogens is 1. The van der Waals surface area contributed by atoms with Crippen molar-refractivity contribution in [1.29, 1.82) is 0 Å². The summed E-state index contributed by atoms with van der Waals surface area (Å²) in [6.45, 7) is 3.43. The summed E-state index contributed by atoms with van der Waals surface area (Å²) >= 11 is 0. The number of carbonyl (C=O) groups is 1. The molecule has 1 amide bonds. The summed E-state index contributed by atoms with van der Waals surface area (Å²) in [7, 11) is 0. The average Bonchev–Trinajstić information content (AvgIpc) is 2.16. The smallest absolute Gasteiger partial charge is 0.218 e. The molecule has 15 heavy (non-hydrogen) atoms. The molecular formula is C11H13N3O. The van der Waals surface area contributed by atoms with Crippen molar-refractivity contribution < 1.29 is 4.79 Å². The van der Waals surface area contributed by atoms with Gasteiger partial charge < -0.3 is 10.6 Å². The number of carbonyl (C=O) groups excluding carboxylic acids is 1. The summed E-state index contributed by atoms with van der Waals surface area (Å²) in [4.78, 5) is 15.2. The third-order valence-electron chi connectivity index (χ3n) is 2.18. The van der Waals surface area contributed by atoms with E-state index in [9.17, 15) is 4.79 Å². The molecule has 4 nitrogen and oxygen atoms in total. The Hall–Kier alpha value is -1.84. The molecule has 0 fully saturated rings. The van der Waals surface area contributed by atoms with Gasteiger partial charge in [0.1, 0.15) is 12.0 Å². The number of hydrogen-bond acceptors (Lipinski definition) is 3. The van der Waals surface area contributed by atoms with Crippen LogP contribution in [0.1, 0.15) is 18.2 Å². The van der Waals surface area contributed by atoms with Gasteiger partial charge in [-0.25, -0.2) is 4.98 Å². The van der Waals surface area contributed by atoms with Crippen molar-refractivity contribution in [1.82, 2.24) is 10.3 Å². The van der Waals surface area contributed by atoms with Gasteiger partial charge in [0.2, 0.25) is 5.91 Å². The van der Waals surface area contributed by atoms with E-state index in [0.29, 0.717) is 0 Å². The van der Waals surface area contributed by atoms with E-state index in [-0.39, 0.29) is 12.1 Å². The van der Waals surface area contributed by atoms with Crippen LogP contribution in [0.25, 0.3) is 6.08 Å². The number of fused-ring (bicyclic) bond motifs is 1. The average molecular weight is 203 g/mol. The number of amides is 1. The topological polar surface area (TPSA) is 54.0 Å². The molecule has 0 aromatic carbocycles. The minimum absolute atomic E-state index is 0.0618. The second-order valence-electron chi connectivity index (χ2n) is 3.57. The molecule has 2 N–H and O–H groups in total. The van der Waals surface area contributed by atoms with Crippen molar-refractivity contribution in [2.24, 2.45) is 0 Å². The van der Waals surface area contributed by atoms with Gasteiger partial charge >= 0.3 is 0 Å². The summed E-state index contributed by atoms with van der Waals surface area (Å²) in [6, 6.07) is 3.97. The largest absolute Gasteiger partial charge is 0.346 e. The van der Waals surface area contributed by atoms with E-state index in [4.69, 9.17) is 0 Å². The Balaban J connectivity index is 2.21. The minimum atomic E-state index is -0.163. The fourth-order valence-electron chi connectivity index (χ4n) is 1.52. The van der Waals surface area contributed by atoms with E-state index < -0.39 is 0 Å². The van der Waals surface area contributed by atoms with Crippen LogP contribution in [0.3, 0.4) is 0 Å². The molecule has 0 saturated carbocycles. The summed E-state index contributed by atoms with van der Waals surface area (Å²) in [6.07, 6.45) is 3.70. The summed E-state index contributed by atoms with van der Waals surface area (Å²) in [5.41, 5.74) is 2.00. The highest BCUT2D eigenvalue weighted by Gasteiger charge is 2.13. The summed E-state index contributed by atoms with van der Waals surface area (Å²) < 4.78 is 0. The fourth-order valence-corrected chi connectivity index (χ4v) is 1.52. The van der Waals surface area contributed by atoms with E-state index in [1.165, 1.54) is 6.92 Å². The minimum Gasteiger partial charge on any atom is -0.346 e. The third-order valence-corrected chi connectivity index (χ3v) is 2.18. The van der Waals surface area contributed by atoms with Crippen molar-refractivity contribution in [3.8, 4) is 0 Å². The van der Waals surface area contributed by atoms with Gasteiger partial charge in [-0.05, 0) is 25.1 Å². The van der Waals surface area contributed by atoms with Gasteiger partial charge in [0.25, 0.3) is 0 Å². The molecular weight excluding hydrogens is 190 g/mol. The van der Waals surface area contributed by atoms with Crippen molar-refractivity contribution in [2.75, 3.05) is 5.32 Å². The van der Waals surface area contributed by atoms with Crippen LogP contribution in [0.5, 0.6) is 0 Å². The number of rotatable bonds is 1. The molecule has 78 valence electrons. The van der Waals surface area contributed by atoms with Crippen LogP contribution in [0.15, 0.2) is 18.2 Å². The van der Waals surface area contributed by atoms with E-state index in [1.54, 1.807) is 0 Å². The van der Waals surface area contributed by atoms with Gasteiger partial charge in [-0.3, -0.25) is 4.79 Å². The molecule has 2 heterocycles. The zero-order valence-electron chi connectivity index (χ0n) is 8.74. The first-order valence-corrected chi connectivity index (χ1v) is 4.84. The van der Waals surface area contributed by atoms with Crippen molar-refractivity contribution >= 4 is 17.8 Å². The molecule has 0 aliphatic carbocycles. The monoisotopic (exact) mass is 203 g/mol. The van der Waals surface area contributed by atoms with Gasteiger partial charge in [0.05, 0.1) is 0 Å². The molecule has 4 heteroatoms. The van der Waals surface area contributed by atoms with Crippen LogP contribution < -0.4 is 10.6 Å². The lowest BCUT2D eigenvalue weighted by Gasteiger charge is -2.21. The van der Waals surface area contributed by atoms with E-state index in [2.05, 4.69) is 15.6 Å². The number of nitrogens with zero attached hydrogens (tertiary/aromatic N) is 1. The van der Waals surface area contributed by atoms with Crippen LogP contribution in [0.4, 0.5) is 5.82 Å². The van der Waals surface area contributed by atoms with Gasteiger partial charge in [-0.1, -0.05) is 6.08 Å². The SMILES string of the molecule is CC(=O)NC1C=Cc2ccc(C)nc2N1. The van der Waals surface area contributed by atoms with E-state index >= 15 is 0 Å². The lowest BCUT2D eigenvalue weighted by molar-refractivity contribution is -0.119. The normalized spacial score (nSPS) is 17.9. The first kappa shape index (κ1) is 9.71. The number of anilines is 1. The fraction of sp³-hybridized carbons (Fsp3) is 0.273. The Kier molecular flexibility index (Phi) is 2.41. The summed E-state index contributed by atoms with van der Waals surface area (Å²) in [5, 5.41) is 5.90. The van der Waals surface area contributed by atoms with Crippen LogP contribution in [0, 0.1) is 6.92 Å². The second-order valence-corrected chi connectivity index (χ2v) is 3.57. The lowest BCUT2D eigenvalue weighted by atomic mass is 10.1. The predicted octanol–water partition coefficient (Wildman–Crippen LogP) is 1.29. The molecule has 1 unspecified atom stereocenters. The van der Waals surface area contributed by atoms with Crippen LogP contribution in [-0.4, -0.2) is 17.1 Å². The van der Waals surface area contributed by atoms with Crippen molar-refractivity contribution in [3.05, 3.63) is 29.5 Å². The molecule has 0 radical (unpaired) electrons. The molecule has 1 aliphatic rings. The zero-order valence-corrected chi connectivity index (χ0v) is 8.74. The molecule has 2 rings (SSSR count). The number of nitrogens with one attached hydrogen (secondary N) is 2. The third kappa shape index (κ3) is 2.15. The lowest BCUT2D eigenvalue weighted by Crippen LogP contribution is -2.39. The predicted molar refractivity (Wildman–Crippen MR) is 59.2 cm³/mol. The molecule has 1 aromatic rings. The van der Waals surface area contributed by atoms with Gasteiger partial charge in [-0.2, -0.15) is 0 Å². The van der Waals surface area contributed by atoms with Crippen LogP contribution in [-0.2, 0) is 4.79 Å². The standard InChI is InChI=1S/C11H13N3O/c1-7-3-4-9-5-6-10(13-8(2)15)14-11(9)12-7/h3-6,10H,1-2H3,(H,12,14)(H,13,15). The number of pyridine rings is 1. The summed E-state index contributed by atoms with van der Waals surface area (Å²) in [5.74, 6) is 0.754. The van der Waals surface area contributed by atoms with Crippen molar-refractivity contribution in [3.63, 3.8) is 0 Å². The second kappa shape index (κ2) is 3.73. The highest BCUT2D eigenvalue weighted by molar-refractivity contribution is 5.76. The Morgan fingerprint density at radius 2 is 2.33 bits per heavy atom. The van der Waals surface area contributed by atoms with E-state index in [1.807, 2.05) is 31.2 Å². The van der Waals surface area contributed by atoms with Crippen molar-refractivity contribution in [2.45, 2.75) is 20.0 Å². The van der Waals surface area contributed by atoms with Gasteiger partial charge in [-0.15, -0.1) is 0 Å². The number of aryl methyl sites for hydroxylation is 1. The first-order valence-electron chi connectivity index (χ1n) is 4.84. The first-order chi connectivity index (χ1) is 7.15. The maximum atomic E-state index is 10.9. The maximum Gasteiger partial charge on any atom is 0.218 e. The van der Waals surface area contributed by atoms with Gasteiger partial charge in [0.15, 0.2) is 0 Å². The molecule has 0 saturated heterocycles. The Bertz CT molecular complexity index is 426. The Labute approximate surface area is 88.4 Å². The zero-order chi connectivity index (χ0) is 10.8. The molecule has 1 aliphatic heterocycles. The maximum absolute atomic E-state index is 10.9. The molecule has 1 aromatic heterocycles. The van der Waals surface area contributed by atoms with Crippen LogP contribution >= 0.6 is 0 Å². The highest BCUT2D eigenvalue weighted by Crippen LogP contribution is 2.20.